The first-order valence-electron chi connectivity index (χ1n) is 5.66. The van der Waals surface area contributed by atoms with Crippen LogP contribution in [0.2, 0.25) is 0 Å². The summed E-state index contributed by atoms with van der Waals surface area (Å²) in [5.41, 5.74) is 1.36. The van der Waals surface area contributed by atoms with Crippen LogP contribution in [0, 0.1) is 12.3 Å². The number of carbonyl (C=O) groups is 2. The SMILES string of the molecule is C#CCCCC(=O)Nc1ccc(CC(=O)O)cc1. The van der Waals surface area contributed by atoms with Crippen LogP contribution in [0.25, 0.3) is 0 Å². The quantitative estimate of drug-likeness (QED) is 0.595. The number of nitrogens with one attached hydrogen (secondary N) is 1. The van der Waals surface area contributed by atoms with Gasteiger partial charge in [0.15, 0.2) is 0 Å². The van der Waals surface area contributed by atoms with Crippen molar-refractivity contribution in [3.8, 4) is 12.3 Å². The molecule has 0 unspecified atom stereocenters. The molecule has 0 aliphatic heterocycles. The number of amides is 1. The van der Waals surface area contributed by atoms with Crippen molar-refractivity contribution in [2.45, 2.75) is 25.7 Å². The molecule has 0 aromatic heterocycles. The first kappa shape index (κ1) is 13.8. The minimum Gasteiger partial charge on any atom is -0.481 e. The number of anilines is 1. The highest BCUT2D eigenvalue weighted by Gasteiger charge is 2.03. The number of terminal acetylenes is 1. The van der Waals surface area contributed by atoms with Gasteiger partial charge in [0, 0.05) is 18.5 Å². The Labute approximate surface area is 106 Å². The van der Waals surface area contributed by atoms with Crippen LogP contribution in [0.1, 0.15) is 24.8 Å². The molecule has 0 heterocycles. The van der Waals surface area contributed by atoms with Crippen molar-refractivity contribution in [2.24, 2.45) is 0 Å². The van der Waals surface area contributed by atoms with Crippen molar-refractivity contribution >= 4 is 17.6 Å². The van der Waals surface area contributed by atoms with Crippen molar-refractivity contribution < 1.29 is 14.7 Å². The van der Waals surface area contributed by atoms with E-state index in [2.05, 4.69) is 11.2 Å². The van der Waals surface area contributed by atoms with Crippen molar-refractivity contribution in [1.82, 2.24) is 0 Å². The zero-order chi connectivity index (χ0) is 13.4. The number of aliphatic carboxylic acids is 1. The van der Waals surface area contributed by atoms with Gasteiger partial charge < -0.3 is 10.4 Å². The van der Waals surface area contributed by atoms with Crippen molar-refractivity contribution in [3.63, 3.8) is 0 Å². The highest BCUT2D eigenvalue weighted by molar-refractivity contribution is 5.90. The molecule has 0 spiro atoms. The Hall–Kier alpha value is -2.28. The fraction of sp³-hybridized carbons (Fsp3) is 0.286. The van der Waals surface area contributed by atoms with Crippen molar-refractivity contribution in [1.29, 1.82) is 0 Å². The van der Waals surface area contributed by atoms with Gasteiger partial charge in [-0.2, -0.15) is 0 Å². The summed E-state index contributed by atoms with van der Waals surface area (Å²) < 4.78 is 0. The van der Waals surface area contributed by atoms with Crippen LogP contribution in [0.5, 0.6) is 0 Å². The molecule has 1 amide bonds. The van der Waals surface area contributed by atoms with Gasteiger partial charge in [-0.1, -0.05) is 12.1 Å². The average molecular weight is 245 g/mol. The summed E-state index contributed by atoms with van der Waals surface area (Å²) in [5.74, 6) is 1.52. The summed E-state index contributed by atoms with van der Waals surface area (Å²) in [6.07, 6.45) is 6.72. The van der Waals surface area contributed by atoms with E-state index in [9.17, 15) is 9.59 Å². The minimum absolute atomic E-state index is 0.0175. The van der Waals surface area contributed by atoms with Gasteiger partial charge in [0.05, 0.1) is 6.42 Å². The van der Waals surface area contributed by atoms with E-state index >= 15 is 0 Å². The predicted molar refractivity (Wildman–Crippen MR) is 69.1 cm³/mol. The molecule has 0 atom stereocenters. The molecule has 1 aromatic rings. The Morgan fingerprint density at radius 2 is 1.94 bits per heavy atom. The molecule has 2 N–H and O–H groups in total. The van der Waals surface area contributed by atoms with Crippen molar-refractivity contribution in [3.05, 3.63) is 29.8 Å². The van der Waals surface area contributed by atoms with Gasteiger partial charge >= 0.3 is 5.97 Å². The topological polar surface area (TPSA) is 66.4 Å². The van der Waals surface area contributed by atoms with E-state index < -0.39 is 5.97 Å². The van der Waals surface area contributed by atoms with Crippen molar-refractivity contribution in [2.75, 3.05) is 5.32 Å². The molecule has 0 saturated carbocycles. The number of hydrogen-bond donors (Lipinski definition) is 2. The summed E-state index contributed by atoms with van der Waals surface area (Å²) >= 11 is 0. The third kappa shape index (κ3) is 5.17. The number of hydrogen-bond acceptors (Lipinski definition) is 2. The number of carboxylic acid groups (broad SMARTS) is 1. The van der Waals surface area contributed by atoms with Crippen LogP contribution in [0.15, 0.2) is 24.3 Å². The molecule has 4 nitrogen and oxygen atoms in total. The molecule has 0 fully saturated rings. The highest BCUT2D eigenvalue weighted by atomic mass is 16.4. The molecule has 0 radical (unpaired) electrons. The second kappa shape index (κ2) is 7.13. The smallest absolute Gasteiger partial charge is 0.307 e. The largest absolute Gasteiger partial charge is 0.481 e. The number of unbranched alkanes of at least 4 members (excludes halogenated alkanes) is 1. The van der Waals surface area contributed by atoms with Crippen LogP contribution in [0.3, 0.4) is 0 Å². The maximum Gasteiger partial charge on any atom is 0.307 e. The van der Waals surface area contributed by atoms with E-state index in [0.717, 1.165) is 0 Å². The third-order valence-electron chi connectivity index (χ3n) is 2.32. The van der Waals surface area contributed by atoms with Crippen LogP contribution < -0.4 is 5.32 Å². The van der Waals surface area contributed by atoms with E-state index in [4.69, 9.17) is 11.5 Å². The van der Waals surface area contributed by atoms with Gasteiger partial charge in [-0.05, 0) is 24.1 Å². The molecule has 1 aromatic carbocycles. The number of rotatable bonds is 6. The molecular weight excluding hydrogens is 230 g/mol. The van der Waals surface area contributed by atoms with Gasteiger partial charge in [-0.3, -0.25) is 9.59 Å². The molecule has 0 saturated heterocycles. The minimum atomic E-state index is -0.874. The monoisotopic (exact) mass is 245 g/mol. The lowest BCUT2D eigenvalue weighted by Crippen LogP contribution is -2.11. The standard InChI is InChI=1S/C14H15NO3/c1-2-3-4-5-13(16)15-12-8-6-11(7-9-12)10-14(17)18/h1,6-9H,3-5,10H2,(H,15,16)(H,17,18). The van der Waals surface area contributed by atoms with E-state index in [0.29, 0.717) is 30.5 Å². The second-order valence-corrected chi connectivity index (χ2v) is 3.87. The summed E-state index contributed by atoms with van der Waals surface area (Å²) in [7, 11) is 0. The van der Waals surface area contributed by atoms with Crippen LogP contribution >= 0.6 is 0 Å². The Kier molecular flexibility index (Phi) is 5.46. The van der Waals surface area contributed by atoms with Gasteiger partial charge in [-0.15, -0.1) is 12.3 Å². The zero-order valence-electron chi connectivity index (χ0n) is 9.98. The molecule has 94 valence electrons. The Balaban J connectivity index is 2.46. The molecular formula is C14H15NO3. The number of carbonyl (C=O) groups excluding carboxylic acids is 1. The van der Waals surface area contributed by atoms with Gasteiger partial charge in [-0.25, -0.2) is 0 Å². The van der Waals surface area contributed by atoms with E-state index in [1.807, 2.05) is 0 Å². The lowest BCUT2D eigenvalue weighted by atomic mass is 10.1. The molecule has 0 bridgehead atoms. The van der Waals surface area contributed by atoms with Crippen LogP contribution in [0.4, 0.5) is 5.69 Å². The lowest BCUT2D eigenvalue weighted by Gasteiger charge is -2.05. The fourth-order valence-electron chi connectivity index (χ4n) is 1.46. The zero-order valence-corrected chi connectivity index (χ0v) is 9.98. The van der Waals surface area contributed by atoms with E-state index in [-0.39, 0.29) is 12.3 Å². The first-order chi connectivity index (χ1) is 8.61. The molecule has 1 rings (SSSR count). The number of benzene rings is 1. The lowest BCUT2D eigenvalue weighted by molar-refractivity contribution is -0.136. The van der Waals surface area contributed by atoms with Gasteiger partial charge in [0.1, 0.15) is 0 Å². The maximum absolute atomic E-state index is 11.5. The molecule has 18 heavy (non-hydrogen) atoms. The first-order valence-corrected chi connectivity index (χ1v) is 5.66. The van der Waals surface area contributed by atoms with Gasteiger partial charge in [0.2, 0.25) is 5.91 Å². The summed E-state index contributed by atoms with van der Waals surface area (Å²) in [5, 5.41) is 11.3. The third-order valence-corrected chi connectivity index (χ3v) is 2.32. The number of carboxylic acids is 1. The van der Waals surface area contributed by atoms with Gasteiger partial charge in [0.25, 0.3) is 0 Å². The second-order valence-electron chi connectivity index (χ2n) is 3.87. The average Bonchev–Trinajstić information content (AvgIpc) is 2.31. The van der Waals surface area contributed by atoms with E-state index in [1.165, 1.54) is 0 Å². The molecule has 4 heteroatoms. The summed E-state index contributed by atoms with van der Waals surface area (Å²) in [6, 6.07) is 6.76. The Morgan fingerprint density at radius 1 is 1.28 bits per heavy atom. The van der Waals surface area contributed by atoms with Crippen LogP contribution in [-0.4, -0.2) is 17.0 Å². The Bertz CT molecular complexity index is 457. The normalized spacial score (nSPS) is 9.50. The summed E-state index contributed by atoms with van der Waals surface area (Å²) in [4.78, 5) is 22.0. The summed E-state index contributed by atoms with van der Waals surface area (Å²) in [6.45, 7) is 0. The molecule has 0 aliphatic rings. The fourth-order valence-corrected chi connectivity index (χ4v) is 1.46. The van der Waals surface area contributed by atoms with Crippen LogP contribution in [-0.2, 0) is 16.0 Å². The predicted octanol–water partition coefficient (Wildman–Crippen LogP) is 2.06. The maximum atomic E-state index is 11.5. The van der Waals surface area contributed by atoms with E-state index in [1.54, 1.807) is 24.3 Å². The molecule has 0 aliphatic carbocycles. The highest BCUT2D eigenvalue weighted by Crippen LogP contribution is 2.11. The Morgan fingerprint density at radius 3 is 2.50 bits per heavy atom.